The molecule has 3 rings (SSSR count). The summed E-state index contributed by atoms with van der Waals surface area (Å²) in [6.45, 7) is 1.94. The summed E-state index contributed by atoms with van der Waals surface area (Å²) in [6.07, 6.45) is 4.25. The van der Waals surface area contributed by atoms with Crippen molar-refractivity contribution in [3.05, 3.63) is 47.4 Å². The fraction of sp³-hybridized carbons (Fsp3) is 0.300. The van der Waals surface area contributed by atoms with E-state index in [4.69, 9.17) is 4.74 Å². The Bertz CT molecular complexity index is 907. The molecule has 146 valence electrons. The van der Waals surface area contributed by atoms with Gasteiger partial charge >= 0.3 is 11.9 Å². The molecule has 0 saturated heterocycles. The molecule has 0 bridgehead atoms. The standard InChI is InChI=1S/C20H20N2O5S/c1-2-27-19(26)16-15(12-8-4-3-5-9-12)21-20(28-16)22-17(23)13-10-6-7-11-14(13)18(24)25/h3-9,13-14H,2,10-11H2,1H3,(H,24,25)(H,21,22,23)/t13-,14+/m1/s1. The van der Waals surface area contributed by atoms with E-state index in [0.717, 1.165) is 16.9 Å². The number of carboxylic acid groups (broad SMARTS) is 1. The minimum absolute atomic E-state index is 0.224. The third-order valence-corrected chi connectivity index (χ3v) is 5.40. The molecular formula is C20H20N2O5S. The van der Waals surface area contributed by atoms with Crippen molar-refractivity contribution in [2.24, 2.45) is 11.8 Å². The molecular weight excluding hydrogens is 380 g/mol. The summed E-state index contributed by atoms with van der Waals surface area (Å²) in [7, 11) is 0. The lowest BCUT2D eigenvalue weighted by Crippen LogP contribution is -2.34. The second-order valence-corrected chi connectivity index (χ2v) is 7.27. The van der Waals surface area contributed by atoms with Gasteiger partial charge in [-0.1, -0.05) is 53.8 Å². The smallest absolute Gasteiger partial charge is 0.350 e. The van der Waals surface area contributed by atoms with Crippen LogP contribution in [0.3, 0.4) is 0 Å². The lowest BCUT2D eigenvalue weighted by Gasteiger charge is -2.23. The SMILES string of the molecule is CCOC(=O)c1sc(NC(=O)[C@@H]2CC=CC[C@@H]2C(=O)O)nc1-c1ccccc1. The molecule has 1 aliphatic carbocycles. The van der Waals surface area contributed by atoms with Crippen LogP contribution in [0.1, 0.15) is 29.4 Å². The van der Waals surface area contributed by atoms with Gasteiger partial charge in [0.05, 0.1) is 24.1 Å². The Morgan fingerprint density at radius 1 is 1.18 bits per heavy atom. The number of thiazole rings is 1. The summed E-state index contributed by atoms with van der Waals surface area (Å²) in [5, 5.41) is 12.3. The van der Waals surface area contributed by atoms with E-state index in [-0.39, 0.29) is 11.7 Å². The van der Waals surface area contributed by atoms with Crippen molar-refractivity contribution in [2.45, 2.75) is 19.8 Å². The molecule has 28 heavy (non-hydrogen) atoms. The molecule has 0 unspecified atom stereocenters. The first-order valence-electron chi connectivity index (χ1n) is 8.93. The average Bonchev–Trinajstić information content (AvgIpc) is 3.12. The number of hydrogen-bond donors (Lipinski definition) is 2. The zero-order valence-corrected chi connectivity index (χ0v) is 16.1. The highest BCUT2D eigenvalue weighted by molar-refractivity contribution is 7.18. The van der Waals surface area contributed by atoms with E-state index in [1.165, 1.54) is 0 Å². The van der Waals surface area contributed by atoms with Gasteiger partial charge in [0, 0.05) is 5.56 Å². The quantitative estimate of drug-likeness (QED) is 0.567. The van der Waals surface area contributed by atoms with E-state index < -0.39 is 29.7 Å². The molecule has 0 fully saturated rings. The number of benzene rings is 1. The second-order valence-electron chi connectivity index (χ2n) is 6.27. The number of aliphatic carboxylic acids is 1. The molecule has 1 aliphatic rings. The monoisotopic (exact) mass is 400 g/mol. The van der Waals surface area contributed by atoms with Gasteiger partial charge in [-0.2, -0.15) is 0 Å². The van der Waals surface area contributed by atoms with Crippen LogP contribution in [0.25, 0.3) is 11.3 Å². The summed E-state index contributed by atoms with van der Waals surface area (Å²) in [6, 6.07) is 9.14. The van der Waals surface area contributed by atoms with E-state index in [2.05, 4.69) is 10.3 Å². The molecule has 0 saturated carbocycles. The third-order valence-electron chi connectivity index (χ3n) is 4.45. The van der Waals surface area contributed by atoms with Crippen LogP contribution in [0.4, 0.5) is 5.13 Å². The van der Waals surface area contributed by atoms with Gasteiger partial charge in [-0.3, -0.25) is 9.59 Å². The topological polar surface area (TPSA) is 106 Å². The van der Waals surface area contributed by atoms with Crippen LogP contribution in [-0.4, -0.2) is 34.5 Å². The van der Waals surface area contributed by atoms with Crippen molar-refractivity contribution >= 4 is 34.3 Å². The third kappa shape index (κ3) is 4.28. The first kappa shape index (κ1) is 19.8. The molecule has 1 aromatic heterocycles. The molecule has 2 aromatic rings. The van der Waals surface area contributed by atoms with Gasteiger partial charge in [0.15, 0.2) is 5.13 Å². The van der Waals surface area contributed by atoms with Crippen molar-refractivity contribution < 1.29 is 24.2 Å². The number of esters is 1. The molecule has 8 heteroatoms. The number of carbonyl (C=O) groups excluding carboxylic acids is 2. The van der Waals surface area contributed by atoms with E-state index in [1.54, 1.807) is 13.0 Å². The minimum atomic E-state index is -0.999. The Labute approximate surface area is 166 Å². The van der Waals surface area contributed by atoms with Gasteiger partial charge in [0.2, 0.25) is 5.91 Å². The highest BCUT2D eigenvalue weighted by Crippen LogP contribution is 2.33. The number of allylic oxidation sites excluding steroid dienone is 2. The van der Waals surface area contributed by atoms with Gasteiger partial charge in [-0.15, -0.1) is 0 Å². The number of nitrogens with zero attached hydrogens (tertiary/aromatic N) is 1. The fourth-order valence-electron chi connectivity index (χ4n) is 3.08. The van der Waals surface area contributed by atoms with E-state index in [9.17, 15) is 19.5 Å². The maximum absolute atomic E-state index is 12.7. The summed E-state index contributed by atoms with van der Waals surface area (Å²) in [5.41, 5.74) is 1.16. The van der Waals surface area contributed by atoms with Crippen molar-refractivity contribution in [3.63, 3.8) is 0 Å². The summed E-state index contributed by atoms with van der Waals surface area (Å²) < 4.78 is 5.11. The highest BCUT2D eigenvalue weighted by atomic mass is 32.1. The van der Waals surface area contributed by atoms with Gasteiger partial charge in [0.25, 0.3) is 0 Å². The zero-order valence-electron chi connectivity index (χ0n) is 15.3. The predicted molar refractivity (Wildman–Crippen MR) is 105 cm³/mol. The van der Waals surface area contributed by atoms with Crippen LogP contribution in [0.2, 0.25) is 0 Å². The number of ether oxygens (including phenoxy) is 1. The Kier molecular flexibility index (Phi) is 6.20. The number of carboxylic acids is 1. The van der Waals surface area contributed by atoms with Crippen LogP contribution in [0, 0.1) is 11.8 Å². The molecule has 0 aliphatic heterocycles. The number of aromatic nitrogens is 1. The first-order valence-corrected chi connectivity index (χ1v) is 9.75. The van der Waals surface area contributed by atoms with Crippen LogP contribution in [0.5, 0.6) is 0 Å². The highest BCUT2D eigenvalue weighted by Gasteiger charge is 2.34. The first-order chi connectivity index (χ1) is 13.5. The molecule has 2 atom stereocenters. The summed E-state index contributed by atoms with van der Waals surface area (Å²) in [5.74, 6) is -3.38. The number of amides is 1. The van der Waals surface area contributed by atoms with Gasteiger partial charge in [-0.05, 0) is 19.8 Å². The number of anilines is 1. The second kappa shape index (κ2) is 8.79. The van der Waals surface area contributed by atoms with Crippen molar-refractivity contribution in [1.29, 1.82) is 0 Å². The van der Waals surface area contributed by atoms with Crippen LogP contribution < -0.4 is 5.32 Å². The Balaban J connectivity index is 1.88. The molecule has 0 spiro atoms. The number of carbonyl (C=O) groups is 3. The normalized spacial score (nSPS) is 18.5. The number of nitrogens with one attached hydrogen (secondary N) is 1. The molecule has 2 N–H and O–H groups in total. The Morgan fingerprint density at radius 3 is 2.50 bits per heavy atom. The van der Waals surface area contributed by atoms with Crippen molar-refractivity contribution in [2.75, 3.05) is 11.9 Å². The summed E-state index contributed by atoms with van der Waals surface area (Å²) >= 11 is 1.02. The predicted octanol–water partition coefficient (Wildman–Crippen LogP) is 3.59. The molecule has 0 radical (unpaired) electrons. The molecule has 7 nitrogen and oxygen atoms in total. The van der Waals surface area contributed by atoms with E-state index >= 15 is 0 Å². The van der Waals surface area contributed by atoms with Crippen molar-refractivity contribution in [1.82, 2.24) is 4.98 Å². The van der Waals surface area contributed by atoms with E-state index in [1.807, 2.05) is 36.4 Å². The minimum Gasteiger partial charge on any atom is -0.481 e. The molecule has 1 heterocycles. The maximum atomic E-state index is 12.7. The van der Waals surface area contributed by atoms with Crippen LogP contribution in [-0.2, 0) is 14.3 Å². The van der Waals surface area contributed by atoms with Gasteiger partial charge in [0.1, 0.15) is 4.88 Å². The van der Waals surface area contributed by atoms with Gasteiger partial charge < -0.3 is 15.2 Å². The van der Waals surface area contributed by atoms with Crippen molar-refractivity contribution in [3.8, 4) is 11.3 Å². The lowest BCUT2D eigenvalue weighted by molar-refractivity contribution is -0.146. The maximum Gasteiger partial charge on any atom is 0.350 e. The largest absolute Gasteiger partial charge is 0.481 e. The fourth-order valence-corrected chi connectivity index (χ4v) is 3.96. The van der Waals surface area contributed by atoms with E-state index in [0.29, 0.717) is 23.4 Å². The molecule has 1 amide bonds. The zero-order chi connectivity index (χ0) is 20.1. The Morgan fingerprint density at radius 2 is 1.86 bits per heavy atom. The molecule has 1 aromatic carbocycles. The number of rotatable bonds is 6. The van der Waals surface area contributed by atoms with Crippen LogP contribution >= 0.6 is 11.3 Å². The summed E-state index contributed by atoms with van der Waals surface area (Å²) in [4.78, 5) is 41.1. The number of hydrogen-bond acceptors (Lipinski definition) is 6. The van der Waals surface area contributed by atoms with Crippen LogP contribution in [0.15, 0.2) is 42.5 Å². The Hall–Kier alpha value is -3.00. The average molecular weight is 400 g/mol. The van der Waals surface area contributed by atoms with Gasteiger partial charge in [-0.25, -0.2) is 9.78 Å². The lowest BCUT2D eigenvalue weighted by atomic mass is 9.82.